The Morgan fingerprint density at radius 1 is 1.32 bits per heavy atom. The molecular formula is C18H22FN3O3. The van der Waals surface area contributed by atoms with E-state index in [-0.39, 0.29) is 29.0 Å². The molecule has 3 rings (SSSR count). The summed E-state index contributed by atoms with van der Waals surface area (Å²) < 4.78 is 19.0. The molecule has 1 aliphatic heterocycles. The Kier molecular flexibility index (Phi) is 5.45. The number of halogens is 1. The van der Waals surface area contributed by atoms with Crippen LogP contribution in [0.2, 0.25) is 0 Å². The number of nitrogens with zero attached hydrogens (tertiary/aromatic N) is 3. The third kappa shape index (κ3) is 4.05. The van der Waals surface area contributed by atoms with Gasteiger partial charge in [0.1, 0.15) is 5.82 Å². The second-order valence-electron chi connectivity index (χ2n) is 6.21. The van der Waals surface area contributed by atoms with Crippen molar-refractivity contribution >= 4 is 5.91 Å². The van der Waals surface area contributed by atoms with Gasteiger partial charge in [0.05, 0.1) is 11.7 Å². The largest absolute Gasteiger partial charge is 0.392 e. The van der Waals surface area contributed by atoms with Crippen molar-refractivity contribution in [3.8, 4) is 11.3 Å². The van der Waals surface area contributed by atoms with Crippen LogP contribution in [0.1, 0.15) is 23.8 Å². The number of rotatable bonds is 5. The molecule has 0 saturated carbocycles. The average Bonchev–Trinajstić information content (AvgIpc) is 3.12. The highest BCUT2D eigenvalue weighted by Gasteiger charge is 2.25. The molecule has 0 aliphatic carbocycles. The Morgan fingerprint density at radius 3 is 2.72 bits per heavy atom. The van der Waals surface area contributed by atoms with Gasteiger partial charge >= 0.3 is 0 Å². The molecule has 7 heteroatoms. The number of amides is 1. The van der Waals surface area contributed by atoms with E-state index in [9.17, 15) is 14.3 Å². The standard InChI is InChI=1S/C18H22FN3O3/c1-2-13(23)12-21-7-9-22(10-8-21)18(24)16-11-17(25-20-16)14-5-3-4-6-15(14)19/h3-6,11,13,23H,2,7-10,12H2,1H3. The lowest BCUT2D eigenvalue weighted by Crippen LogP contribution is -2.50. The molecule has 0 bridgehead atoms. The van der Waals surface area contributed by atoms with E-state index in [1.54, 1.807) is 23.1 Å². The van der Waals surface area contributed by atoms with E-state index in [0.717, 1.165) is 6.42 Å². The molecule has 1 atom stereocenters. The van der Waals surface area contributed by atoms with Gasteiger partial charge in [-0.3, -0.25) is 9.69 Å². The van der Waals surface area contributed by atoms with Crippen molar-refractivity contribution < 1.29 is 18.8 Å². The molecule has 1 aliphatic rings. The first-order chi connectivity index (χ1) is 12.1. The number of hydrogen-bond acceptors (Lipinski definition) is 5. The Bertz CT molecular complexity index is 726. The minimum absolute atomic E-state index is 0.181. The lowest BCUT2D eigenvalue weighted by Gasteiger charge is -2.35. The van der Waals surface area contributed by atoms with Gasteiger partial charge in [0.2, 0.25) is 0 Å². The van der Waals surface area contributed by atoms with Crippen molar-refractivity contribution in [2.45, 2.75) is 19.4 Å². The highest BCUT2D eigenvalue weighted by atomic mass is 19.1. The molecule has 1 saturated heterocycles. The number of hydrogen-bond donors (Lipinski definition) is 1. The Balaban J connectivity index is 1.62. The molecule has 0 radical (unpaired) electrons. The summed E-state index contributed by atoms with van der Waals surface area (Å²) in [5.41, 5.74) is 0.465. The summed E-state index contributed by atoms with van der Waals surface area (Å²) >= 11 is 0. The van der Waals surface area contributed by atoms with E-state index in [0.29, 0.717) is 32.7 Å². The molecule has 2 heterocycles. The second-order valence-corrected chi connectivity index (χ2v) is 6.21. The van der Waals surface area contributed by atoms with Crippen molar-refractivity contribution in [1.82, 2.24) is 15.0 Å². The predicted molar refractivity (Wildman–Crippen MR) is 90.5 cm³/mol. The smallest absolute Gasteiger partial charge is 0.276 e. The zero-order valence-electron chi connectivity index (χ0n) is 14.2. The third-order valence-corrected chi connectivity index (χ3v) is 4.47. The molecule has 1 aromatic heterocycles. The van der Waals surface area contributed by atoms with Crippen molar-refractivity contribution in [2.24, 2.45) is 0 Å². The van der Waals surface area contributed by atoms with E-state index in [2.05, 4.69) is 10.1 Å². The van der Waals surface area contributed by atoms with Crippen LogP contribution in [0.3, 0.4) is 0 Å². The Hall–Kier alpha value is -2.25. The third-order valence-electron chi connectivity index (χ3n) is 4.47. The van der Waals surface area contributed by atoms with E-state index in [1.807, 2.05) is 6.92 Å². The van der Waals surface area contributed by atoms with Crippen molar-refractivity contribution in [2.75, 3.05) is 32.7 Å². The topological polar surface area (TPSA) is 69.8 Å². The summed E-state index contributed by atoms with van der Waals surface area (Å²) in [7, 11) is 0. The fraction of sp³-hybridized carbons (Fsp3) is 0.444. The van der Waals surface area contributed by atoms with E-state index in [4.69, 9.17) is 4.52 Å². The molecule has 1 unspecified atom stereocenters. The summed E-state index contributed by atoms with van der Waals surface area (Å²) in [4.78, 5) is 16.4. The minimum Gasteiger partial charge on any atom is -0.392 e. The average molecular weight is 347 g/mol. The molecule has 0 spiro atoms. The monoisotopic (exact) mass is 347 g/mol. The normalized spacial score (nSPS) is 16.8. The van der Waals surface area contributed by atoms with Crippen LogP contribution in [-0.2, 0) is 0 Å². The number of aliphatic hydroxyl groups is 1. The molecular weight excluding hydrogens is 325 g/mol. The van der Waals surface area contributed by atoms with Gasteiger partial charge in [0, 0.05) is 38.8 Å². The highest BCUT2D eigenvalue weighted by molar-refractivity contribution is 5.93. The number of aliphatic hydroxyl groups excluding tert-OH is 1. The summed E-state index contributed by atoms with van der Waals surface area (Å²) in [5.74, 6) is -0.395. The highest BCUT2D eigenvalue weighted by Crippen LogP contribution is 2.23. The first-order valence-corrected chi connectivity index (χ1v) is 8.49. The van der Waals surface area contributed by atoms with E-state index >= 15 is 0 Å². The van der Waals surface area contributed by atoms with Crippen molar-refractivity contribution in [3.63, 3.8) is 0 Å². The van der Waals surface area contributed by atoms with Gasteiger partial charge in [-0.05, 0) is 18.6 Å². The molecule has 1 amide bonds. The lowest BCUT2D eigenvalue weighted by molar-refractivity contribution is 0.0516. The zero-order chi connectivity index (χ0) is 17.8. The van der Waals surface area contributed by atoms with Crippen LogP contribution in [0, 0.1) is 5.82 Å². The van der Waals surface area contributed by atoms with Crippen molar-refractivity contribution in [3.05, 3.63) is 41.8 Å². The van der Waals surface area contributed by atoms with Gasteiger partial charge in [0.15, 0.2) is 11.5 Å². The van der Waals surface area contributed by atoms with Gasteiger partial charge in [-0.2, -0.15) is 0 Å². The summed E-state index contributed by atoms with van der Waals surface area (Å²) in [6.45, 7) is 5.12. The van der Waals surface area contributed by atoms with Crippen LogP contribution < -0.4 is 0 Å². The van der Waals surface area contributed by atoms with Gasteiger partial charge < -0.3 is 14.5 Å². The van der Waals surface area contributed by atoms with Crippen molar-refractivity contribution in [1.29, 1.82) is 0 Å². The summed E-state index contributed by atoms with van der Waals surface area (Å²) in [6, 6.07) is 7.70. The van der Waals surface area contributed by atoms with Crippen LogP contribution in [0.15, 0.2) is 34.9 Å². The quantitative estimate of drug-likeness (QED) is 0.896. The zero-order valence-corrected chi connectivity index (χ0v) is 14.2. The number of carbonyl (C=O) groups excluding carboxylic acids is 1. The minimum atomic E-state index is -0.416. The number of β-amino-alcohol motifs (C(OH)–C–C–N with tert-alkyl or cyclic N) is 1. The molecule has 6 nitrogen and oxygen atoms in total. The fourth-order valence-corrected chi connectivity index (χ4v) is 2.89. The van der Waals surface area contributed by atoms with Gasteiger partial charge in [-0.15, -0.1) is 0 Å². The van der Waals surface area contributed by atoms with Crippen LogP contribution in [0.25, 0.3) is 11.3 Å². The Morgan fingerprint density at radius 2 is 2.04 bits per heavy atom. The maximum Gasteiger partial charge on any atom is 0.276 e. The lowest BCUT2D eigenvalue weighted by atomic mass is 10.1. The molecule has 1 N–H and O–H groups in total. The van der Waals surface area contributed by atoms with E-state index < -0.39 is 5.82 Å². The number of aromatic nitrogens is 1. The molecule has 1 fully saturated rings. The summed E-state index contributed by atoms with van der Waals surface area (Å²) in [5, 5.41) is 13.5. The molecule has 25 heavy (non-hydrogen) atoms. The first kappa shape index (κ1) is 17.6. The fourth-order valence-electron chi connectivity index (χ4n) is 2.89. The maximum absolute atomic E-state index is 13.8. The number of piperazine rings is 1. The van der Waals surface area contributed by atoms with Gasteiger partial charge in [0.25, 0.3) is 5.91 Å². The van der Waals surface area contributed by atoms with Gasteiger partial charge in [-0.1, -0.05) is 24.2 Å². The van der Waals surface area contributed by atoms with Crippen LogP contribution in [0.5, 0.6) is 0 Å². The second kappa shape index (κ2) is 7.76. The number of benzene rings is 1. The molecule has 1 aromatic carbocycles. The number of carbonyl (C=O) groups is 1. The molecule has 2 aromatic rings. The Labute approximate surface area is 145 Å². The van der Waals surface area contributed by atoms with Gasteiger partial charge in [-0.25, -0.2) is 4.39 Å². The van der Waals surface area contributed by atoms with Crippen LogP contribution in [0.4, 0.5) is 4.39 Å². The van der Waals surface area contributed by atoms with E-state index in [1.165, 1.54) is 12.1 Å². The first-order valence-electron chi connectivity index (χ1n) is 8.49. The van der Waals surface area contributed by atoms with Crippen LogP contribution in [-0.4, -0.2) is 64.8 Å². The van der Waals surface area contributed by atoms with Crippen LogP contribution >= 0.6 is 0 Å². The SMILES string of the molecule is CCC(O)CN1CCN(C(=O)c2cc(-c3ccccc3F)on2)CC1. The maximum atomic E-state index is 13.8. The predicted octanol–water partition coefficient (Wildman–Crippen LogP) is 2.01. The summed E-state index contributed by atoms with van der Waals surface area (Å²) in [6.07, 6.45) is 0.387. The molecule has 134 valence electrons.